The van der Waals surface area contributed by atoms with E-state index in [1.807, 2.05) is 0 Å². The Kier molecular flexibility index (Phi) is 6.41. The van der Waals surface area contributed by atoms with Gasteiger partial charge in [0.25, 0.3) is 0 Å². The summed E-state index contributed by atoms with van der Waals surface area (Å²) in [5.41, 5.74) is 3.56. The average molecular weight is 446 g/mol. The van der Waals surface area contributed by atoms with Crippen LogP contribution < -0.4 is 0 Å². The maximum atomic E-state index is 7.13. The summed E-state index contributed by atoms with van der Waals surface area (Å²) in [5.74, 6) is -0.806. The van der Waals surface area contributed by atoms with Crippen molar-refractivity contribution in [3.8, 4) is 0 Å². The van der Waals surface area contributed by atoms with Crippen molar-refractivity contribution in [2.45, 2.75) is 63.7 Å². The lowest BCUT2D eigenvalue weighted by Crippen LogP contribution is -2.48. The topological polar surface area (TPSA) is 21.7 Å². The largest absolute Gasteiger partial charge is 0.385 e. The lowest BCUT2D eigenvalue weighted by atomic mass is 9.95. The standard InChI is InChI=1S/C28H35NO2Si/c1-27(2,3)32(4,5)31-28(25-19-13-8-14-20-25)21-26(24-17-11-7-12-18-24)29(30-28)22-23-15-9-6-10-16-23/h6-20,26H,21-22H2,1-5H3/t26-,28+/m1/s1. The summed E-state index contributed by atoms with van der Waals surface area (Å²) in [4.78, 5) is 6.88. The van der Waals surface area contributed by atoms with Crippen molar-refractivity contribution in [3.05, 3.63) is 108 Å². The highest BCUT2D eigenvalue weighted by atomic mass is 28.4. The molecule has 168 valence electrons. The summed E-state index contributed by atoms with van der Waals surface area (Å²) in [6.45, 7) is 12.2. The minimum absolute atomic E-state index is 0.0766. The van der Waals surface area contributed by atoms with Crippen LogP contribution >= 0.6 is 0 Å². The summed E-state index contributed by atoms with van der Waals surface area (Å²) >= 11 is 0. The normalized spacial score (nSPS) is 22.2. The summed E-state index contributed by atoms with van der Waals surface area (Å²) in [6.07, 6.45) is 0.750. The van der Waals surface area contributed by atoms with Gasteiger partial charge in [0, 0.05) is 18.5 Å². The molecule has 32 heavy (non-hydrogen) atoms. The third-order valence-electron chi connectivity index (χ3n) is 6.88. The highest BCUT2D eigenvalue weighted by Gasteiger charge is 2.53. The Morgan fingerprint density at radius 3 is 1.97 bits per heavy atom. The van der Waals surface area contributed by atoms with Crippen LogP contribution in [-0.2, 0) is 21.6 Å². The van der Waals surface area contributed by atoms with Gasteiger partial charge >= 0.3 is 0 Å². The molecule has 3 aromatic rings. The summed E-state index contributed by atoms with van der Waals surface area (Å²) < 4.78 is 7.13. The molecule has 3 nitrogen and oxygen atoms in total. The van der Waals surface area contributed by atoms with Gasteiger partial charge in [0.2, 0.25) is 5.79 Å². The molecule has 1 aliphatic rings. The van der Waals surface area contributed by atoms with Crippen molar-refractivity contribution in [1.82, 2.24) is 5.06 Å². The number of nitrogens with zero attached hydrogens (tertiary/aromatic N) is 1. The summed E-state index contributed by atoms with van der Waals surface area (Å²) in [6, 6.07) is 31.8. The second kappa shape index (κ2) is 8.95. The first kappa shape index (κ1) is 22.9. The third kappa shape index (κ3) is 4.74. The second-order valence-corrected chi connectivity index (χ2v) is 15.0. The highest BCUT2D eigenvalue weighted by molar-refractivity contribution is 6.74. The molecule has 4 rings (SSSR count). The number of hydrogen-bond acceptors (Lipinski definition) is 3. The minimum atomic E-state index is -2.13. The fraction of sp³-hybridized carbons (Fsp3) is 0.357. The van der Waals surface area contributed by atoms with Gasteiger partial charge in [0.15, 0.2) is 8.32 Å². The maximum absolute atomic E-state index is 7.13. The molecule has 0 bridgehead atoms. The van der Waals surface area contributed by atoms with Crippen LogP contribution in [0.4, 0.5) is 0 Å². The van der Waals surface area contributed by atoms with Gasteiger partial charge < -0.3 is 4.43 Å². The van der Waals surface area contributed by atoms with E-state index >= 15 is 0 Å². The fourth-order valence-electron chi connectivity index (χ4n) is 4.06. The molecule has 2 atom stereocenters. The van der Waals surface area contributed by atoms with Gasteiger partial charge in [-0.1, -0.05) is 112 Å². The Balaban J connectivity index is 1.77. The number of benzene rings is 3. The molecular formula is C28H35NO2Si. The summed E-state index contributed by atoms with van der Waals surface area (Å²) in [5, 5.41) is 2.21. The van der Waals surface area contributed by atoms with E-state index in [-0.39, 0.29) is 11.1 Å². The zero-order valence-electron chi connectivity index (χ0n) is 19.9. The number of hydroxylamine groups is 2. The van der Waals surface area contributed by atoms with Crippen molar-refractivity contribution >= 4 is 8.32 Å². The molecule has 0 unspecified atom stereocenters. The van der Waals surface area contributed by atoms with Crippen molar-refractivity contribution in [3.63, 3.8) is 0 Å². The minimum Gasteiger partial charge on any atom is -0.385 e. The van der Waals surface area contributed by atoms with E-state index in [2.05, 4.69) is 130 Å². The molecule has 0 N–H and O–H groups in total. The molecule has 3 aromatic carbocycles. The van der Waals surface area contributed by atoms with Crippen LogP contribution in [0, 0.1) is 0 Å². The quantitative estimate of drug-likeness (QED) is 0.368. The Morgan fingerprint density at radius 1 is 0.875 bits per heavy atom. The van der Waals surface area contributed by atoms with E-state index in [4.69, 9.17) is 9.26 Å². The second-order valence-electron chi connectivity index (χ2n) is 10.3. The molecule has 1 aliphatic heterocycles. The van der Waals surface area contributed by atoms with Crippen molar-refractivity contribution in [2.24, 2.45) is 0 Å². The molecule has 1 fully saturated rings. The van der Waals surface area contributed by atoms with E-state index in [9.17, 15) is 0 Å². The zero-order valence-corrected chi connectivity index (χ0v) is 20.9. The predicted octanol–water partition coefficient (Wildman–Crippen LogP) is 7.44. The first-order valence-electron chi connectivity index (χ1n) is 11.5. The van der Waals surface area contributed by atoms with Crippen LogP contribution in [0.1, 0.15) is 49.9 Å². The molecule has 0 aromatic heterocycles. The first-order valence-corrected chi connectivity index (χ1v) is 14.4. The highest BCUT2D eigenvalue weighted by Crippen LogP contribution is 2.51. The van der Waals surface area contributed by atoms with Gasteiger partial charge in [-0.05, 0) is 29.3 Å². The van der Waals surface area contributed by atoms with Gasteiger partial charge in [-0.3, -0.25) is 4.84 Å². The average Bonchev–Trinajstić information content (AvgIpc) is 3.13. The van der Waals surface area contributed by atoms with Gasteiger partial charge in [-0.15, -0.1) is 0 Å². The van der Waals surface area contributed by atoms with Crippen molar-refractivity contribution < 1.29 is 9.26 Å². The van der Waals surface area contributed by atoms with Crippen LogP contribution in [0.15, 0.2) is 91.0 Å². The van der Waals surface area contributed by atoms with Gasteiger partial charge in [-0.25, -0.2) is 0 Å². The number of rotatable bonds is 6. The smallest absolute Gasteiger partial charge is 0.206 e. The Bertz CT molecular complexity index is 1000. The Labute approximate surface area is 194 Å². The molecule has 1 heterocycles. The Hall–Kier alpha value is -2.24. The molecule has 0 aliphatic carbocycles. The van der Waals surface area contributed by atoms with Crippen molar-refractivity contribution in [1.29, 1.82) is 0 Å². The third-order valence-corrected chi connectivity index (χ3v) is 11.3. The lowest BCUT2D eigenvalue weighted by molar-refractivity contribution is -0.290. The van der Waals surface area contributed by atoms with E-state index in [1.165, 1.54) is 11.1 Å². The lowest BCUT2D eigenvalue weighted by Gasteiger charge is -2.43. The summed E-state index contributed by atoms with van der Waals surface area (Å²) in [7, 11) is -2.13. The van der Waals surface area contributed by atoms with E-state index in [1.54, 1.807) is 0 Å². The Morgan fingerprint density at radius 2 is 1.41 bits per heavy atom. The first-order chi connectivity index (χ1) is 15.2. The molecule has 1 saturated heterocycles. The zero-order chi connectivity index (χ0) is 22.8. The van der Waals surface area contributed by atoms with Gasteiger partial charge in [0.05, 0.1) is 6.04 Å². The molecule has 0 spiro atoms. The van der Waals surface area contributed by atoms with Crippen LogP contribution in [0.25, 0.3) is 0 Å². The van der Waals surface area contributed by atoms with Gasteiger partial charge in [-0.2, -0.15) is 5.06 Å². The number of hydrogen-bond donors (Lipinski definition) is 0. The maximum Gasteiger partial charge on any atom is 0.206 e. The predicted molar refractivity (Wildman–Crippen MR) is 133 cm³/mol. The van der Waals surface area contributed by atoms with Crippen LogP contribution in [0.2, 0.25) is 18.1 Å². The molecule has 0 amide bonds. The fourth-order valence-corrected chi connectivity index (χ4v) is 5.43. The van der Waals surface area contributed by atoms with E-state index < -0.39 is 14.1 Å². The van der Waals surface area contributed by atoms with Crippen LogP contribution in [-0.4, -0.2) is 13.4 Å². The van der Waals surface area contributed by atoms with Crippen molar-refractivity contribution in [2.75, 3.05) is 0 Å². The van der Waals surface area contributed by atoms with Crippen LogP contribution in [0.5, 0.6) is 0 Å². The molecule has 0 radical (unpaired) electrons. The monoisotopic (exact) mass is 445 g/mol. The molecular weight excluding hydrogens is 410 g/mol. The van der Waals surface area contributed by atoms with E-state index in [0.717, 1.165) is 12.0 Å². The SMILES string of the molecule is CC(C)(C)[Si](C)(C)O[C@]1(c2ccccc2)C[C@H](c2ccccc2)N(Cc2ccccc2)O1. The van der Waals surface area contributed by atoms with Gasteiger partial charge in [0.1, 0.15) is 0 Å². The van der Waals surface area contributed by atoms with E-state index in [0.29, 0.717) is 6.54 Å². The molecule has 4 heteroatoms. The molecule has 0 saturated carbocycles. The van der Waals surface area contributed by atoms with Crippen LogP contribution in [0.3, 0.4) is 0 Å².